The number of rotatable bonds is 5. The van der Waals surface area contributed by atoms with Crippen molar-refractivity contribution in [2.45, 2.75) is 24.3 Å². The van der Waals surface area contributed by atoms with Gasteiger partial charge in [0.2, 0.25) is 10.0 Å². The van der Waals surface area contributed by atoms with Crippen LogP contribution in [0.15, 0.2) is 45.9 Å². The molecule has 1 heterocycles. The molecule has 0 aliphatic carbocycles. The van der Waals surface area contributed by atoms with Gasteiger partial charge in [0.25, 0.3) is 0 Å². The molecular formula is C14H16ClNO4S. The summed E-state index contributed by atoms with van der Waals surface area (Å²) in [6, 6.07) is 7.67. The first-order chi connectivity index (χ1) is 9.72. The van der Waals surface area contributed by atoms with Crippen LogP contribution in [0.3, 0.4) is 0 Å². The highest BCUT2D eigenvalue weighted by Gasteiger charge is 2.28. The lowest BCUT2D eigenvalue weighted by molar-refractivity contribution is 0.0395. The number of furan rings is 1. The maximum atomic E-state index is 12.2. The SMILES string of the molecule is Cc1ccc(S(=O)(=O)NCC(C)(O)c2ccco2)cc1Cl. The Morgan fingerprint density at radius 2 is 2.10 bits per heavy atom. The van der Waals surface area contributed by atoms with Crippen molar-refractivity contribution in [2.75, 3.05) is 6.54 Å². The molecular weight excluding hydrogens is 314 g/mol. The van der Waals surface area contributed by atoms with Crippen molar-refractivity contribution in [1.82, 2.24) is 4.72 Å². The Bertz CT molecular complexity index is 723. The summed E-state index contributed by atoms with van der Waals surface area (Å²) in [5, 5.41) is 10.6. The largest absolute Gasteiger partial charge is 0.466 e. The maximum absolute atomic E-state index is 12.2. The van der Waals surface area contributed by atoms with Crippen LogP contribution in [0.25, 0.3) is 0 Å². The second-order valence-electron chi connectivity index (χ2n) is 4.99. The predicted octanol–water partition coefficient (Wildman–Crippen LogP) is 2.43. The van der Waals surface area contributed by atoms with E-state index < -0.39 is 15.6 Å². The van der Waals surface area contributed by atoms with Crippen LogP contribution >= 0.6 is 11.6 Å². The molecule has 7 heteroatoms. The third kappa shape index (κ3) is 3.65. The quantitative estimate of drug-likeness (QED) is 0.883. The molecule has 0 radical (unpaired) electrons. The molecule has 2 rings (SSSR count). The summed E-state index contributed by atoms with van der Waals surface area (Å²) in [5.74, 6) is 0.284. The lowest BCUT2D eigenvalue weighted by Gasteiger charge is -2.21. The maximum Gasteiger partial charge on any atom is 0.240 e. The first kappa shape index (κ1) is 16.0. The predicted molar refractivity (Wildman–Crippen MR) is 79.7 cm³/mol. The summed E-state index contributed by atoms with van der Waals surface area (Å²) in [4.78, 5) is 0.0494. The summed E-state index contributed by atoms with van der Waals surface area (Å²) < 4.78 is 31.9. The fourth-order valence-electron chi connectivity index (χ4n) is 1.73. The van der Waals surface area contributed by atoms with E-state index >= 15 is 0 Å². The van der Waals surface area contributed by atoms with Crippen LogP contribution in [0, 0.1) is 6.92 Å². The van der Waals surface area contributed by atoms with Gasteiger partial charge in [0.1, 0.15) is 11.4 Å². The lowest BCUT2D eigenvalue weighted by atomic mass is 10.1. The minimum atomic E-state index is -3.76. The van der Waals surface area contributed by atoms with Gasteiger partial charge in [-0.3, -0.25) is 0 Å². The van der Waals surface area contributed by atoms with Crippen molar-refractivity contribution in [3.8, 4) is 0 Å². The van der Waals surface area contributed by atoms with Gasteiger partial charge in [-0.25, -0.2) is 13.1 Å². The summed E-state index contributed by atoms with van der Waals surface area (Å²) in [6.45, 7) is 3.04. The number of hydrogen-bond acceptors (Lipinski definition) is 4. The number of benzene rings is 1. The van der Waals surface area contributed by atoms with E-state index in [4.69, 9.17) is 16.0 Å². The second-order valence-corrected chi connectivity index (χ2v) is 7.16. The van der Waals surface area contributed by atoms with Gasteiger partial charge >= 0.3 is 0 Å². The molecule has 2 aromatic rings. The smallest absolute Gasteiger partial charge is 0.240 e. The molecule has 1 aromatic heterocycles. The second kappa shape index (κ2) is 5.81. The fourth-order valence-corrected chi connectivity index (χ4v) is 3.13. The van der Waals surface area contributed by atoms with Crippen LogP contribution in [-0.4, -0.2) is 20.1 Å². The molecule has 0 saturated carbocycles. The standard InChI is InChI=1S/C14H16ClNO4S/c1-10-5-6-11(8-12(10)15)21(18,19)16-9-14(2,17)13-4-3-7-20-13/h3-8,16-17H,9H2,1-2H3. The highest BCUT2D eigenvalue weighted by molar-refractivity contribution is 7.89. The van der Waals surface area contributed by atoms with E-state index in [0.717, 1.165) is 5.56 Å². The van der Waals surface area contributed by atoms with Crippen LogP contribution in [-0.2, 0) is 15.6 Å². The molecule has 0 amide bonds. The first-order valence-corrected chi connectivity index (χ1v) is 8.11. The van der Waals surface area contributed by atoms with Crippen LogP contribution in [0.1, 0.15) is 18.2 Å². The Labute approximate surface area is 128 Å². The zero-order valence-electron chi connectivity index (χ0n) is 11.6. The molecule has 1 unspecified atom stereocenters. The van der Waals surface area contributed by atoms with E-state index in [0.29, 0.717) is 5.02 Å². The molecule has 114 valence electrons. The molecule has 1 aromatic carbocycles. The Hall–Kier alpha value is -1.34. The average molecular weight is 330 g/mol. The molecule has 5 nitrogen and oxygen atoms in total. The monoisotopic (exact) mass is 329 g/mol. The van der Waals surface area contributed by atoms with Gasteiger partial charge in [-0.2, -0.15) is 0 Å². The zero-order chi connectivity index (χ0) is 15.7. The van der Waals surface area contributed by atoms with Gasteiger partial charge < -0.3 is 9.52 Å². The van der Waals surface area contributed by atoms with E-state index in [1.165, 1.54) is 25.3 Å². The Balaban J connectivity index is 2.16. The number of sulfonamides is 1. The molecule has 1 atom stereocenters. The third-order valence-corrected chi connectivity index (χ3v) is 4.92. The average Bonchev–Trinajstić information content (AvgIpc) is 2.94. The third-order valence-electron chi connectivity index (χ3n) is 3.11. The van der Waals surface area contributed by atoms with Crippen LogP contribution in [0.5, 0.6) is 0 Å². The van der Waals surface area contributed by atoms with Gasteiger partial charge in [0, 0.05) is 11.6 Å². The molecule has 0 aliphatic rings. The molecule has 0 bridgehead atoms. The number of nitrogens with one attached hydrogen (secondary N) is 1. The Kier molecular flexibility index (Phi) is 4.43. The minimum absolute atomic E-state index is 0.0494. The van der Waals surface area contributed by atoms with Crippen LogP contribution in [0.2, 0.25) is 5.02 Å². The Morgan fingerprint density at radius 3 is 2.67 bits per heavy atom. The molecule has 0 fully saturated rings. The molecule has 2 N–H and O–H groups in total. The highest BCUT2D eigenvalue weighted by Crippen LogP contribution is 2.22. The number of halogens is 1. The minimum Gasteiger partial charge on any atom is -0.466 e. The molecule has 0 saturated heterocycles. The highest BCUT2D eigenvalue weighted by atomic mass is 35.5. The van der Waals surface area contributed by atoms with Crippen molar-refractivity contribution >= 4 is 21.6 Å². The van der Waals surface area contributed by atoms with Gasteiger partial charge in [0.15, 0.2) is 0 Å². The molecule has 0 aliphatic heterocycles. The normalized spacial score (nSPS) is 14.9. The molecule has 0 spiro atoms. The number of hydrogen-bond donors (Lipinski definition) is 2. The van der Waals surface area contributed by atoms with Gasteiger partial charge in [-0.1, -0.05) is 17.7 Å². The van der Waals surface area contributed by atoms with Crippen molar-refractivity contribution in [3.05, 3.63) is 52.9 Å². The van der Waals surface area contributed by atoms with Gasteiger partial charge in [0.05, 0.1) is 11.2 Å². The fraction of sp³-hybridized carbons (Fsp3) is 0.286. The van der Waals surface area contributed by atoms with E-state index in [1.807, 2.05) is 0 Å². The van der Waals surface area contributed by atoms with Crippen molar-refractivity contribution in [2.24, 2.45) is 0 Å². The van der Waals surface area contributed by atoms with Crippen molar-refractivity contribution in [3.63, 3.8) is 0 Å². The zero-order valence-corrected chi connectivity index (χ0v) is 13.2. The first-order valence-electron chi connectivity index (χ1n) is 6.24. The van der Waals surface area contributed by atoms with Crippen LogP contribution in [0.4, 0.5) is 0 Å². The Morgan fingerprint density at radius 1 is 1.38 bits per heavy atom. The van der Waals surface area contributed by atoms with E-state index in [-0.39, 0.29) is 17.2 Å². The van der Waals surface area contributed by atoms with Crippen molar-refractivity contribution < 1.29 is 17.9 Å². The topological polar surface area (TPSA) is 79.5 Å². The number of aryl methyl sites for hydroxylation is 1. The van der Waals surface area contributed by atoms with Gasteiger partial charge in [-0.05, 0) is 43.7 Å². The number of aliphatic hydroxyl groups is 1. The lowest BCUT2D eigenvalue weighted by Crippen LogP contribution is -2.38. The summed E-state index contributed by atoms with van der Waals surface area (Å²) >= 11 is 5.93. The van der Waals surface area contributed by atoms with Crippen LogP contribution < -0.4 is 4.72 Å². The summed E-state index contributed by atoms with van der Waals surface area (Å²) in [6.07, 6.45) is 1.41. The van der Waals surface area contributed by atoms with Crippen molar-refractivity contribution in [1.29, 1.82) is 0 Å². The van der Waals surface area contributed by atoms with E-state index in [2.05, 4.69) is 4.72 Å². The van der Waals surface area contributed by atoms with Gasteiger partial charge in [-0.15, -0.1) is 0 Å². The summed E-state index contributed by atoms with van der Waals surface area (Å²) in [5.41, 5.74) is -0.649. The molecule has 21 heavy (non-hydrogen) atoms. The van der Waals surface area contributed by atoms with E-state index in [1.54, 1.807) is 25.1 Å². The summed E-state index contributed by atoms with van der Waals surface area (Å²) in [7, 11) is -3.76. The van der Waals surface area contributed by atoms with E-state index in [9.17, 15) is 13.5 Å².